The van der Waals surface area contributed by atoms with Crippen LogP contribution in [0.3, 0.4) is 0 Å². The molecule has 0 saturated heterocycles. The molecular weight excluding hydrogens is 485 g/mol. The molecule has 0 spiro atoms. The van der Waals surface area contributed by atoms with Gasteiger partial charge in [0.2, 0.25) is 0 Å². The third-order valence-electron chi connectivity index (χ3n) is 6.25. The molecule has 4 rings (SSSR count). The van der Waals surface area contributed by atoms with Crippen molar-refractivity contribution in [2.45, 2.75) is 44.9 Å². The molecule has 0 fully saturated rings. The van der Waals surface area contributed by atoms with Crippen LogP contribution in [-0.4, -0.2) is 35.4 Å². The van der Waals surface area contributed by atoms with Crippen molar-refractivity contribution in [2.24, 2.45) is 0 Å². The van der Waals surface area contributed by atoms with Crippen molar-refractivity contribution in [3.63, 3.8) is 0 Å². The molecule has 36 heavy (non-hydrogen) atoms. The summed E-state index contributed by atoms with van der Waals surface area (Å²) in [6.45, 7) is 2.06. The standard InChI is InChI=1S/C28H29ClFNO5/c1-2-12-35-26-14-27(22(29)13-17(26)15-31-24(16-32)28(33)34)36-25-11-10-19-18(7-5-8-21(19)25)20-6-3-4-9-23(20)30/h3-9,13-14,24-25,31-32H,2,10-12,15-16H2,1H3,(H,33,34)/t24-,25-/m0/s1. The van der Waals surface area contributed by atoms with Crippen molar-refractivity contribution in [1.29, 1.82) is 0 Å². The molecule has 3 aromatic carbocycles. The summed E-state index contributed by atoms with van der Waals surface area (Å²) < 4.78 is 26.7. The number of benzene rings is 3. The van der Waals surface area contributed by atoms with Gasteiger partial charge in [-0.05, 0) is 48.1 Å². The second-order valence-corrected chi connectivity index (χ2v) is 9.10. The first-order chi connectivity index (χ1) is 17.4. The van der Waals surface area contributed by atoms with Gasteiger partial charge in [-0.15, -0.1) is 0 Å². The van der Waals surface area contributed by atoms with Crippen LogP contribution in [0.2, 0.25) is 5.02 Å². The Labute approximate surface area is 214 Å². The van der Waals surface area contributed by atoms with Gasteiger partial charge in [0, 0.05) is 23.7 Å². The minimum atomic E-state index is -1.14. The third-order valence-corrected chi connectivity index (χ3v) is 6.54. The van der Waals surface area contributed by atoms with Crippen LogP contribution < -0.4 is 14.8 Å². The number of carboxylic acid groups (broad SMARTS) is 1. The Morgan fingerprint density at radius 3 is 2.67 bits per heavy atom. The van der Waals surface area contributed by atoms with Crippen molar-refractivity contribution >= 4 is 17.6 Å². The summed E-state index contributed by atoms with van der Waals surface area (Å²) in [6, 6.07) is 14.9. The van der Waals surface area contributed by atoms with Gasteiger partial charge in [0.05, 0.1) is 18.2 Å². The van der Waals surface area contributed by atoms with E-state index in [1.165, 1.54) is 6.07 Å². The van der Waals surface area contributed by atoms with Gasteiger partial charge in [-0.3, -0.25) is 10.1 Å². The molecule has 3 aromatic rings. The molecular formula is C28H29ClFNO5. The van der Waals surface area contributed by atoms with Crippen LogP contribution in [0.5, 0.6) is 11.5 Å². The molecule has 0 aromatic heterocycles. The Kier molecular flexibility index (Phi) is 8.46. The second-order valence-electron chi connectivity index (χ2n) is 8.69. The Morgan fingerprint density at radius 2 is 1.94 bits per heavy atom. The fraction of sp³-hybridized carbons (Fsp3) is 0.321. The van der Waals surface area contributed by atoms with Gasteiger partial charge >= 0.3 is 5.97 Å². The quantitative estimate of drug-likeness (QED) is 0.312. The van der Waals surface area contributed by atoms with Gasteiger partial charge in [-0.25, -0.2) is 4.39 Å². The van der Waals surface area contributed by atoms with E-state index in [-0.39, 0.29) is 18.5 Å². The lowest BCUT2D eigenvalue weighted by atomic mass is 9.96. The van der Waals surface area contributed by atoms with E-state index in [9.17, 15) is 19.4 Å². The summed E-state index contributed by atoms with van der Waals surface area (Å²) in [5, 5.41) is 21.6. The number of carbonyl (C=O) groups is 1. The van der Waals surface area contributed by atoms with Crippen molar-refractivity contribution in [2.75, 3.05) is 13.2 Å². The lowest BCUT2D eigenvalue weighted by Gasteiger charge is -2.20. The second kappa shape index (κ2) is 11.7. The lowest BCUT2D eigenvalue weighted by Crippen LogP contribution is -2.39. The molecule has 0 radical (unpaired) electrons. The predicted octanol–water partition coefficient (Wildman–Crippen LogP) is 5.54. The number of fused-ring (bicyclic) bond motifs is 1. The van der Waals surface area contributed by atoms with E-state index < -0.39 is 18.6 Å². The molecule has 1 aliphatic rings. The first-order valence-electron chi connectivity index (χ1n) is 12.0. The van der Waals surface area contributed by atoms with Gasteiger partial charge in [0.25, 0.3) is 0 Å². The molecule has 0 aliphatic heterocycles. The molecule has 8 heteroatoms. The van der Waals surface area contributed by atoms with Crippen LogP contribution in [0.4, 0.5) is 4.39 Å². The monoisotopic (exact) mass is 513 g/mol. The molecule has 0 heterocycles. The lowest BCUT2D eigenvalue weighted by molar-refractivity contribution is -0.140. The van der Waals surface area contributed by atoms with Gasteiger partial charge in [0.1, 0.15) is 29.5 Å². The van der Waals surface area contributed by atoms with Gasteiger partial charge in [-0.1, -0.05) is 54.9 Å². The Balaban J connectivity index is 1.60. The number of halogens is 2. The topological polar surface area (TPSA) is 88.0 Å². The number of aliphatic carboxylic acids is 1. The highest BCUT2D eigenvalue weighted by Crippen LogP contribution is 2.43. The van der Waals surface area contributed by atoms with Crippen LogP contribution in [0.25, 0.3) is 11.1 Å². The van der Waals surface area contributed by atoms with E-state index >= 15 is 0 Å². The fourth-order valence-electron chi connectivity index (χ4n) is 4.44. The summed E-state index contributed by atoms with van der Waals surface area (Å²) in [7, 11) is 0. The summed E-state index contributed by atoms with van der Waals surface area (Å²) in [5.74, 6) is -0.414. The van der Waals surface area contributed by atoms with E-state index in [0.29, 0.717) is 34.3 Å². The molecule has 0 saturated carbocycles. The van der Waals surface area contributed by atoms with Crippen LogP contribution >= 0.6 is 11.6 Å². The molecule has 0 unspecified atom stereocenters. The SMILES string of the molecule is CCCOc1cc(O[C@H]2CCc3c(-c4ccccc4F)cccc32)c(Cl)cc1CN[C@@H](CO)C(=O)O. The highest BCUT2D eigenvalue weighted by atomic mass is 35.5. The molecule has 6 nitrogen and oxygen atoms in total. The predicted molar refractivity (Wildman–Crippen MR) is 136 cm³/mol. The Hall–Kier alpha value is -3.13. The number of carboxylic acids is 1. The average molecular weight is 514 g/mol. The molecule has 1 aliphatic carbocycles. The van der Waals surface area contributed by atoms with E-state index in [4.69, 9.17) is 21.1 Å². The number of aliphatic hydroxyl groups is 1. The fourth-order valence-corrected chi connectivity index (χ4v) is 4.67. The minimum Gasteiger partial charge on any atom is -0.493 e. The average Bonchev–Trinajstić information content (AvgIpc) is 3.28. The van der Waals surface area contributed by atoms with Crippen LogP contribution in [0.1, 0.15) is 42.6 Å². The highest BCUT2D eigenvalue weighted by Gasteiger charge is 2.28. The van der Waals surface area contributed by atoms with Crippen molar-refractivity contribution in [1.82, 2.24) is 5.32 Å². The van der Waals surface area contributed by atoms with Crippen molar-refractivity contribution < 1.29 is 28.9 Å². The molecule has 0 amide bonds. The van der Waals surface area contributed by atoms with Gasteiger partial charge in [-0.2, -0.15) is 0 Å². The van der Waals surface area contributed by atoms with Crippen molar-refractivity contribution in [3.8, 4) is 22.6 Å². The zero-order chi connectivity index (χ0) is 25.7. The zero-order valence-electron chi connectivity index (χ0n) is 20.0. The number of aliphatic hydroxyl groups excluding tert-OH is 1. The van der Waals surface area contributed by atoms with E-state index in [0.717, 1.165) is 36.0 Å². The number of hydrogen-bond acceptors (Lipinski definition) is 5. The Bertz CT molecular complexity index is 1230. The molecule has 190 valence electrons. The van der Waals surface area contributed by atoms with Crippen LogP contribution in [0.15, 0.2) is 54.6 Å². The number of nitrogens with one attached hydrogen (secondary N) is 1. The van der Waals surface area contributed by atoms with E-state index in [1.54, 1.807) is 24.3 Å². The first kappa shape index (κ1) is 25.9. The van der Waals surface area contributed by atoms with Gasteiger partial charge in [0.15, 0.2) is 0 Å². The normalized spacial score (nSPS) is 15.4. The minimum absolute atomic E-state index is 0.148. The zero-order valence-corrected chi connectivity index (χ0v) is 20.7. The Morgan fingerprint density at radius 1 is 1.17 bits per heavy atom. The maximum atomic E-state index is 14.5. The largest absolute Gasteiger partial charge is 0.493 e. The highest BCUT2D eigenvalue weighted by molar-refractivity contribution is 6.32. The van der Waals surface area contributed by atoms with Crippen molar-refractivity contribution in [3.05, 3.63) is 82.1 Å². The number of ether oxygens (including phenoxy) is 2. The van der Waals surface area contributed by atoms with E-state index in [2.05, 4.69) is 5.32 Å². The third kappa shape index (κ3) is 5.64. The van der Waals surface area contributed by atoms with E-state index in [1.807, 2.05) is 31.2 Å². The number of hydrogen-bond donors (Lipinski definition) is 3. The summed E-state index contributed by atoms with van der Waals surface area (Å²) in [5.41, 5.74) is 4.17. The smallest absolute Gasteiger partial charge is 0.323 e. The molecule has 0 bridgehead atoms. The maximum absolute atomic E-state index is 14.5. The van der Waals surface area contributed by atoms with Crippen LogP contribution in [0, 0.1) is 5.82 Å². The maximum Gasteiger partial charge on any atom is 0.323 e. The van der Waals surface area contributed by atoms with Crippen LogP contribution in [-0.2, 0) is 17.8 Å². The first-order valence-corrected chi connectivity index (χ1v) is 12.4. The number of rotatable bonds is 11. The molecule has 3 N–H and O–H groups in total. The summed E-state index contributed by atoms with van der Waals surface area (Å²) in [4.78, 5) is 11.2. The van der Waals surface area contributed by atoms with Gasteiger partial charge < -0.3 is 19.7 Å². The summed E-state index contributed by atoms with van der Waals surface area (Å²) >= 11 is 6.58. The summed E-state index contributed by atoms with van der Waals surface area (Å²) in [6.07, 6.45) is 2.01. The molecule has 2 atom stereocenters.